The van der Waals surface area contributed by atoms with Crippen LogP contribution in [0.25, 0.3) is 0 Å². The van der Waals surface area contributed by atoms with Gasteiger partial charge in [-0.2, -0.15) is 0 Å². The normalized spacial score (nSPS) is 10.4. The van der Waals surface area contributed by atoms with Crippen LogP contribution in [-0.4, -0.2) is 36.5 Å². The van der Waals surface area contributed by atoms with E-state index in [1.165, 1.54) is 27.6 Å². The third-order valence-electron chi connectivity index (χ3n) is 4.13. The molecule has 0 saturated heterocycles. The summed E-state index contributed by atoms with van der Waals surface area (Å²) in [5.41, 5.74) is 1.83. The fourth-order valence-electron chi connectivity index (χ4n) is 2.64. The molecule has 0 aliphatic heterocycles. The van der Waals surface area contributed by atoms with Gasteiger partial charge in [0.1, 0.15) is 0 Å². The van der Waals surface area contributed by atoms with Gasteiger partial charge in [0, 0.05) is 28.7 Å². The van der Waals surface area contributed by atoms with Crippen LogP contribution in [0.2, 0.25) is 0 Å². The fourth-order valence-corrected chi connectivity index (χ4v) is 4.07. The van der Waals surface area contributed by atoms with Gasteiger partial charge in [0.05, 0.1) is 25.1 Å². The number of anilines is 3. The Kier molecular flexibility index (Phi) is 7.74. The average molecular weight is 459 g/mol. The van der Waals surface area contributed by atoms with Gasteiger partial charge < -0.3 is 15.4 Å². The van der Waals surface area contributed by atoms with Crippen molar-refractivity contribution < 1.29 is 19.1 Å². The van der Waals surface area contributed by atoms with Gasteiger partial charge in [-0.15, -0.1) is 22.7 Å². The van der Waals surface area contributed by atoms with Crippen molar-refractivity contribution in [3.8, 4) is 0 Å². The second-order valence-corrected chi connectivity index (χ2v) is 8.37. The van der Waals surface area contributed by atoms with E-state index in [9.17, 15) is 14.4 Å². The maximum absolute atomic E-state index is 12.3. The predicted molar refractivity (Wildman–Crippen MR) is 123 cm³/mol. The smallest absolute Gasteiger partial charge is 0.413 e. The molecule has 0 radical (unpaired) electrons. The van der Waals surface area contributed by atoms with Gasteiger partial charge in [0.25, 0.3) is 0 Å². The highest BCUT2D eigenvalue weighted by Crippen LogP contribution is 2.20. The van der Waals surface area contributed by atoms with Crippen molar-refractivity contribution >= 4 is 57.1 Å². The zero-order valence-corrected chi connectivity index (χ0v) is 18.7. The van der Waals surface area contributed by atoms with Crippen LogP contribution in [0, 0.1) is 0 Å². The van der Waals surface area contributed by atoms with E-state index in [1.54, 1.807) is 43.6 Å². The van der Waals surface area contributed by atoms with Gasteiger partial charge in [0.2, 0.25) is 11.8 Å². The molecule has 0 fully saturated rings. The van der Waals surface area contributed by atoms with E-state index in [-0.39, 0.29) is 18.2 Å². The molecule has 1 aromatic carbocycles. The standard InChI is InChI=1S/C21H22N4O4S2/c1-3-29-21(28)25(2)16-8-6-14(7-9-16)22-18(26)11-15-13-31-20(23-15)24-19(27)12-17-5-4-10-30-17/h4-10,13H,3,11-12H2,1-2H3,(H,22,26)(H,23,24,27). The number of amides is 3. The summed E-state index contributed by atoms with van der Waals surface area (Å²) in [6.45, 7) is 2.04. The van der Waals surface area contributed by atoms with Crippen molar-refractivity contribution in [1.29, 1.82) is 0 Å². The summed E-state index contributed by atoms with van der Waals surface area (Å²) < 4.78 is 4.96. The van der Waals surface area contributed by atoms with Crippen molar-refractivity contribution in [1.82, 2.24) is 4.98 Å². The highest BCUT2D eigenvalue weighted by molar-refractivity contribution is 7.14. The molecule has 2 N–H and O–H groups in total. The first-order valence-electron chi connectivity index (χ1n) is 9.51. The first-order valence-corrected chi connectivity index (χ1v) is 11.3. The number of nitrogens with zero attached hydrogens (tertiary/aromatic N) is 2. The lowest BCUT2D eigenvalue weighted by Gasteiger charge is -2.16. The van der Waals surface area contributed by atoms with Crippen LogP contribution in [0.15, 0.2) is 47.2 Å². The van der Waals surface area contributed by atoms with Crippen molar-refractivity contribution in [3.05, 3.63) is 57.7 Å². The first-order chi connectivity index (χ1) is 14.9. The van der Waals surface area contributed by atoms with Gasteiger partial charge in [-0.1, -0.05) is 6.07 Å². The number of hydrogen-bond donors (Lipinski definition) is 2. The minimum atomic E-state index is -0.443. The van der Waals surface area contributed by atoms with Crippen molar-refractivity contribution in [2.45, 2.75) is 19.8 Å². The van der Waals surface area contributed by atoms with E-state index in [0.717, 1.165) is 4.88 Å². The van der Waals surface area contributed by atoms with E-state index in [4.69, 9.17) is 4.74 Å². The molecule has 8 nitrogen and oxygen atoms in total. The Bertz CT molecular complexity index is 1030. The minimum Gasteiger partial charge on any atom is -0.449 e. The largest absolute Gasteiger partial charge is 0.449 e. The van der Waals surface area contributed by atoms with E-state index in [2.05, 4.69) is 15.6 Å². The van der Waals surface area contributed by atoms with Crippen LogP contribution >= 0.6 is 22.7 Å². The number of benzene rings is 1. The Morgan fingerprint density at radius 2 is 1.77 bits per heavy atom. The number of thiazole rings is 1. The Hall–Kier alpha value is -3.24. The Morgan fingerprint density at radius 1 is 1.03 bits per heavy atom. The van der Waals surface area contributed by atoms with E-state index >= 15 is 0 Å². The van der Waals surface area contributed by atoms with E-state index < -0.39 is 6.09 Å². The molecule has 0 spiro atoms. The summed E-state index contributed by atoms with van der Waals surface area (Å²) in [6.07, 6.45) is -0.0583. The van der Waals surface area contributed by atoms with Gasteiger partial charge in [0.15, 0.2) is 5.13 Å². The summed E-state index contributed by atoms with van der Waals surface area (Å²) in [7, 11) is 1.62. The summed E-state index contributed by atoms with van der Waals surface area (Å²) in [5, 5.41) is 9.70. The topological polar surface area (TPSA) is 101 Å². The number of hydrogen-bond acceptors (Lipinski definition) is 7. The maximum atomic E-state index is 12.3. The zero-order chi connectivity index (χ0) is 22.2. The molecular formula is C21H22N4O4S2. The molecular weight excluding hydrogens is 436 g/mol. The SMILES string of the molecule is CCOC(=O)N(C)c1ccc(NC(=O)Cc2csc(NC(=O)Cc3cccs3)n2)cc1. The molecule has 0 atom stereocenters. The Balaban J connectivity index is 1.49. The number of carbonyl (C=O) groups excluding carboxylic acids is 3. The Morgan fingerprint density at radius 3 is 2.45 bits per heavy atom. The number of carbonyl (C=O) groups is 3. The van der Waals surface area contributed by atoms with Crippen molar-refractivity contribution in [2.75, 3.05) is 29.2 Å². The third kappa shape index (κ3) is 6.63. The second kappa shape index (κ2) is 10.7. The molecule has 2 aromatic heterocycles. The van der Waals surface area contributed by atoms with Crippen LogP contribution in [0.4, 0.5) is 21.3 Å². The molecule has 31 heavy (non-hydrogen) atoms. The number of ether oxygens (including phenoxy) is 1. The minimum absolute atomic E-state index is 0.0851. The Labute approximate surface area is 187 Å². The average Bonchev–Trinajstić information content (AvgIpc) is 3.40. The molecule has 0 bridgehead atoms. The van der Waals surface area contributed by atoms with Gasteiger partial charge in [-0.25, -0.2) is 9.78 Å². The maximum Gasteiger partial charge on any atom is 0.413 e. The molecule has 162 valence electrons. The molecule has 10 heteroatoms. The molecule has 3 amide bonds. The lowest BCUT2D eigenvalue weighted by Crippen LogP contribution is -2.26. The molecule has 3 aromatic rings. The number of aromatic nitrogens is 1. The highest BCUT2D eigenvalue weighted by atomic mass is 32.1. The van der Waals surface area contributed by atoms with Crippen LogP contribution < -0.4 is 15.5 Å². The van der Waals surface area contributed by atoms with Crippen LogP contribution in [0.5, 0.6) is 0 Å². The summed E-state index contributed by atoms with van der Waals surface area (Å²) >= 11 is 2.81. The van der Waals surface area contributed by atoms with Gasteiger partial charge >= 0.3 is 6.09 Å². The van der Waals surface area contributed by atoms with Crippen LogP contribution in [-0.2, 0) is 27.2 Å². The van der Waals surface area contributed by atoms with E-state index in [0.29, 0.717) is 35.2 Å². The summed E-state index contributed by atoms with van der Waals surface area (Å²) in [4.78, 5) is 42.8. The second-order valence-electron chi connectivity index (χ2n) is 6.48. The summed E-state index contributed by atoms with van der Waals surface area (Å²) in [5.74, 6) is -0.367. The van der Waals surface area contributed by atoms with Crippen LogP contribution in [0.3, 0.4) is 0 Å². The van der Waals surface area contributed by atoms with Crippen molar-refractivity contribution in [3.63, 3.8) is 0 Å². The molecule has 0 aliphatic rings. The van der Waals surface area contributed by atoms with E-state index in [1.807, 2.05) is 17.5 Å². The number of nitrogens with one attached hydrogen (secondary N) is 2. The summed E-state index contributed by atoms with van der Waals surface area (Å²) in [6, 6.07) is 10.7. The molecule has 2 heterocycles. The molecule has 3 rings (SSSR count). The lowest BCUT2D eigenvalue weighted by atomic mass is 10.2. The van der Waals surface area contributed by atoms with Gasteiger partial charge in [-0.3, -0.25) is 14.5 Å². The highest BCUT2D eigenvalue weighted by Gasteiger charge is 2.13. The lowest BCUT2D eigenvalue weighted by molar-refractivity contribution is -0.116. The van der Waals surface area contributed by atoms with Crippen LogP contribution in [0.1, 0.15) is 17.5 Å². The molecule has 0 saturated carbocycles. The first kappa shape index (κ1) is 22.4. The number of thiophene rings is 1. The molecule has 0 aliphatic carbocycles. The zero-order valence-electron chi connectivity index (χ0n) is 17.1. The quantitative estimate of drug-likeness (QED) is 0.528. The monoisotopic (exact) mass is 458 g/mol. The van der Waals surface area contributed by atoms with Gasteiger partial charge in [-0.05, 0) is 42.6 Å². The number of rotatable bonds is 8. The van der Waals surface area contributed by atoms with Crippen molar-refractivity contribution in [2.24, 2.45) is 0 Å². The molecule has 0 unspecified atom stereocenters. The third-order valence-corrected chi connectivity index (χ3v) is 5.82. The fraction of sp³-hybridized carbons (Fsp3) is 0.238. The predicted octanol–water partition coefficient (Wildman–Crippen LogP) is 4.16.